The van der Waals surface area contributed by atoms with Gasteiger partial charge in [-0.1, -0.05) is 29.8 Å². The summed E-state index contributed by atoms with van der Waals surface area (Å²) in [4.78, 5) is 11.3. The molecule has 0 atom stereocenters. The smallest absolute Gasteiger partial charge is 0.338 e. The third-order valence-electron chi connectivity index (χ3n) is 3.02. The number of carboxylic acids is 1. The number of nitrogens with one attached hydrogen (secondary N) is 1. The number of carbonyl (C=O) groups is 1. The molecule has 0 unspecified atom stereocenters. The second-order valence-electron chi connectivity index (χ2n) is 4.34. The molecule has 0 aromatic heterocycles. The summed E-state index contributed by atoms with van der Waals surface area (Å²) in [7, 11) is 0. The molecule has 0 fully saturated rings. The lowest BCUT2D eigenvalue weighted by molar-refractivity contribution is 0.0697. The summed E-state index contributed by atoms with van der Waals surface area (Å²) in [5.74, 6) is -0.944. The molecule has 4 heteroatoms. The SMILES string of the molecule is Cc1cccc(Nc2cccc(Cl)c2C)c1C(=O)O. The number of hydrogen-bond donors (Lipinski definition) is 2. The maximum absolute atomic E-state index is 11.3. The molecule has 0 aliphatic heterocycles. The lowest BCUT2D eigenvalue weighted by Crippen LogP contribution is -2.05. The van der Waals surface area contributed by atoms with Crippen molar-refractivity contribution in [1.29, 1.82) is 0 Å². The minimum atomic E-state index is -0.944. The molecule has 2 aromatic carbocycles. The van der Waals surface area contributed by atoms with Gasteiger partial charge in [0.25, 0.3) is 0 Å². The van der Waals surface area contributed by atoms with Gasteiger partial charge in [0.2, 0.25) is 0 Å². The Labute approximate surface area is 116 Å². The standard InChI is InChI=1S/C15H14ClNO2/c1-9-5-3-8-13(14(9)15(18)19)17-12-7-4-6-11(16)10(12)2/h3-8,17H,1-2H3,(H,18,19). The summed E-state index contributed by atoms with van der Waals surface area (Å²) < 4.78 is 0. The van der Waals surface area contributed by atoms with E-state index in [1.54, 1.807) is 25.1 Å². The van der Waals surface area contributed by atoms with Crippen molar-refractivity contribution in [2.24, 2.45) is 0 Å². The molecule has 19 heavy (non-hydrogen) atoms. The van der Waals surface area contributed by atoms with Crippen molar-refractivity contribution >= 4 is 28.9 Å². The van der Waals surface area contributed by atoms with Crippen molar-refractivity contribution in [3.63, 3.8) is 0 Å². The first-order valence-corrected chi connectivity index (χ1v) is 6.23. The molecular weight excluding hydrogens is 262 g/mol. The van der Waals surface area contributed by atoms with Crippen molar-refractivity contribution in [3.05, 3.63) is 58.1 Å². The van der Waals surface area contributed by atoms with Gasteiger partial charge in [0, 0.05) is 10.7 Å². The molecule has 0 spiro atoms. The summed E-state index contributed by atoms with van der Waals surface area (Å²) in [6.45, 7) is 3.67. The summed E-state index contributed by atoms with van der Waals surface area (Å²) in [5, 5.41) is 13.1. The zero-order chi connectivity index (χ0) is 14.0. The first-order valence-electron chi connectivity index (χ1n) is 5.85. The summed E-state index contributed by atoms with van der Waals surface area (Å²) in [6, 6.07) is 10.8. The molecular formula is C15H14ClNO2. The van der Waals surface area contributed by atoms with Gasteiger partial charge >= 0.3 is 5.97 Å². The molecule has 2 N–H and O–H groups in total. The fourth-order valence-corrected chi connectivity index (χ4v) is 2.12. The van der Waals surface area contributed by atoms with Crippen LogP contribution in [0.1, 0.15) is 21.5 Å². The fourth-order valence-electron chi connectivity index (χ4n) is 1.94. The molecule has 0 saturated heterocycles. The van der Waals surface area contributed by atoms with Crippen molar-refractivity contribution < 1.29 is 9.90 Å². The van der Waals surface area contributed by atoms with Crippen LogP contribution in [0.25, 0.3) is 0 Å². The second kappa shape index (κ2) is 5.33. The highest BCUT2D eigenvalue weighted by Gasteiger charge is 2.13. The molecule has 0 bridgehead atoms. The summed E-state index contributed by atoms with van der Waals surface area (Å²) in [6.07, 6.45) is 0. The van der Waals surface area contributed by atoms with Crippen LogP contribution in [-0.2, 0) is 0 Å². The maximum atomic E-state index is 11.3. The van der Waals surface area contributed by atoms with E-state index in [0.29, 0.717) is 10.7 Å². The van der Waals surface area contributed by atoms with Crippen molar-refractivity contribution in [2.75, 3.05) is 5.32 Å². The minimum absolute atomic E-state index is 0.280. The number of halogens is 1. The van der Waals surface area contributed by atoms with Crippen LogP contribution < -0.4 is 5.32 Å². The van der Waals surface area contributed by atoms with Crippen LogP contribution in [0.4, 0.5) is 11.4 Å². The third kappa shape index (κ3) is 2.71. The highest BCUT2D eigenvalue weighted by molar-refractivity contribution is 6.31. The zero-order valence-electron chi connectivity index (χ0n) is 10.7. The number of hydrogen-bond acceptors (Lipinski definition) is 2. The summed E-state index contributed by atoms with van der Waals surface area (Å²) in [5.41, 5.74) is 3.26. The number of rotatable bonds is 3. The maximum Gasteiger partial charge on any atom is 0.338 e. The van der Waals surface area contributed by atoms with Gasteiger partial charge < -0.3 is 10.4 Å². The van der Waals surface area contributed by atoms with Crippen molar-refractivity contribution in [2.45, 2.75) is 13.8 Å². The Balaban J connectivity index is 2.47. The Hall–Kier alpha value is -2.00. The molecule has 0 radical (unpaired) electrons. The molecule has 3 nitrogen and oxygen atoms in total. The van der Waals surface area contributed by atoms with Crippen molar-refractivity contribution in [3.8, 4) is 0 Å². The van der Waals surface area contributed by atoms with Gasteiger partial charge in [-0.15, -0.1) is 0 Å². The van der Waals surface area contributed by atoms with Crippen LogP contribution in [0.5, 0.6) is 0 Å². The Kier molecular flexibility index (Phi) is 3.76. The van der Waals surface area contributed by atoms with E-state index in [1.807, 2.05) is 25.1 Å². The molecule has 0 aliphatic carbocycles. The quantitative estimate of drug-likeness (QED) is 0.873. The van der Waals surface area contributed by atoms with Crippen LogP contribution in [0.15, 0.2) is 36.4 Å². The lowest BCUT2D eigenvalue weighted by Gasteiger charge is -2.14. The molecule has 2 rings (SSSR count). The number of benzene rings is 2. The Bertz CT molecular complexity index is 638. The van der Waals surface area contributed by atoms with Crippen LogP contribution >= 0.6 is 11.6 Å². The van der Waals surface area contributed by atoms with Gasteiger partial charge in [0.1, 0.15) is 0 Å². The van der Waals surface area contributed by atoms with Gasteiger partial charge in [0.05, 0.1) is 11.3 Å². The van der Waals surface area contributed by atoms with E-state index in [1.165, 1.54) is 0 Å². The van der Waals surface area contributed by atoms with Gasteiger partial charge in [0.15, 0.2) is 0 Å². The van der Waals surface area contributed by atoms with Crippen LogP contribution in [0, 0.1) is 13.8 Å². The number of aryl methyl sites for hydroxylation is 1. The Morgan fingerprint density at radius 2 is 1.74 bits per heavy atom. The number of anilines is 2. The normalized spacial score (nSPS) is 10.3. The fraction of sp³-hybridized carbons (Fsp3) is 0.133. The van der Waals surface area contributed by atoms with Crippen LogP contribution in [0.2, 0.25) is 5.02 Å². The monoisotopic (exact) mass is 275 g/mol. The first kappa shape index (κ1) is 13.4. The average Bonchev–Trinajstić information content (AvgIpc) is 2.34. The third-order valence-corrected chi connectivity index (χ3v) is 3.43. The predicted octanol–water partition coefficient (Wildman–Crippen LogP) is 4.40. The molecule has 0 saturated carbocycles. The zero-order valence-corrected chi connectivity index (χ0v) is 11.5. The predicted molar refractivity (Wildman–Crippen MR) is 77.6 cm³/mol. The largest absolute Gasteiger partial charge is 0.478 e. The topological polar surface area (TPSA) is 49.3 Å². The van der Waals surface area contributed by atoms with E-state index < -0.39 is 5.97 Å². The van der Waals surface area contributed by atoms with Gasteiger partial charge in [-0.2, -0.15) is 0 Å². The molecule has 0 heterocycles. The van der Waals surface area contributed by atoms with Gasteiger partial charge in [-0.05, 0) is 43.2 Å². The van der Waals surface area contributed by atoms with Crippen molar-refractivity contribution in [1.82, 2.24) is 0 Å². The number of carboxylic acid groups (broad SMARTS) is 1. The Morgan fingerprint density at radius 3 is 2.42 bits per heavy atom. The minimum Gasteiger partial charge on any atom is -0.478 e. The first-order chi connectivity index (χ1) is 9.00. The van der Waals surface area contributed by atoms with Crippen LogP contribution in [0.3, 0.4) is 0 Å². The summed E-state index contributed by atoms with van der Waals surface area (Å²) >= 11 is 6.06. The van der Waals surface area contributed by atoms with E-state index in [2.05, 4.69) is 5.32 Å². The lowest BCUT2D eigenvalue weighted by atomic mass is 10.1. The van der Waals surface area contributed by atoms with Gasteiger partial charge in [-0.25, -0.2) is 4.79 Å². The highest BCUT2D eigenvalue weighted by atomic mass is 35.5. The average molecular weight is 276 g/mol. The molecule has 98 valence electrons. The molecule has 0 amide bonds. The molecule has 0 aliphatic rings. The van der Waals surface area contributed by atoms with E-state index in [4.69, 9.17) is 11.6 Å². The highest BCUT2D eigenvalue weighted by Crippen LogP contribution is 2.28. The van der Waals surface area contributed by atoms with E-state index in [-0.39, 0.29) is 5.56 Å². The van der Waals surface area contributed by atoms with E-state index in [9.17, 15) is 9.90 Å². The molecule has 2 aromatic rings. The van der Waals surface area contributed by atoms with E-state index >= 15 is 0 Å². The second-order valence-corrected chi connectivity index (χ2v) is 4.75. The number of aromatic carboxylic acids is 1. The Morgan fingerprint density at radius 1 is 1.11 bits per heavy atom. The van der Waals surface area contributed by atoms with Crippen LogP contribution in [-0.4, -0.2) is 11.1 Å². The van der Waals surface area contributed by atoms with E-state index in [0.717, 1.165) is 16.8 Å². The van der Waals surface area contributed by atoms with Gasteiger partial charge in [-0.3, -0.25) is 0 Å².